The van der Waals surface area contributed by atoms with Gasteiger partial charge < -0.3 is 15.3 Å². The van der Waals surface area contributed by atoms with Crippen LogP contribution in [-0.4, -0.2) is 32.4 Å². The summed E-state index contributed by atoms with van der Waals surface area (Å²) < 4.78 is 0. The van der Waals surface area contributed by atoms with Crippen LogP contribution in [0.3, 0.4) is 0 Å². The van der Waals surface area contributed by atoms with Gasteiger partial charge in [-0.2, -0.15) is 0 Å². The number of hydrogen-bond donors (Lipinski definition) is 4. The van der Waals surface area contributed by atoms with E-state index in [-0.39, 0.29) is 5.69 Å². The predicted molar refractivity (Wildman–Crippen MR) is 66.9 cm³/mol. The Hall–Kier alpha value is -2.64. The van der Waals surface area contributed by atoms with Crippen LogP contribution in [0.2, 0.25) is 0 Å². The van der Waals surface area contributed by atoms with Gasteiger partial charge in [0.2, 0.25) is 0 Å². The van der Waals surface area contributed by atoms with Gasteiger partial charge in [-0.05, 0) is 6.42 Å². The summed E-state index contributed by atoms with van der Waals surface area (Å²) in [5.41, 5.74) is -1.36. The van der Waals surface area contributed by atoms with Crippen LogP contribution in [0.25, 0.3) is 0 Å². The Labute approximate surface area is 107 Å². The molecule has 1 amide bonds. The Kier molecular flexibility index (Phi) is 3.91. The van der Waals surface area contributed by atoms with Crippen LogP contribution < -0.4 is 16.6 Å². The fraction of sp³-hybridized carbons (Fsp3) is 0.273. The normalized spacial score (nSPS) is 10.3. The summed E-state index contributed by atoms with van der Waals surface area (Å²) in [7, 11) is 0. The number of H-pyrrole nitrogens is 3. The molecule has 0 aliphatic heterocycles. The SMILES string of the molecule is O=C(NCCCc1ncc[nH]1)c1cc(=O)[nH]c(=O)[nH]1. The van der Waals surface area contributed by atoms with Gasteiger partial charge in [-0.25, -0.2) is 9.78 Å². The number of aryl methyl sites for hydroxylation is 1. The van der Waals surface area contributed by atoms with Crippen molar-refractivity contribution in [2.45, 2.75) is 12.8 Å². The van der Waals surface area contributed by atoms with E-state index in [0.717, 1.165) is 11.9 Å². The van der Waals surface area contributed by atoms with Crippen LogP contribution in [0.4, 0.5) is 0 Å². The monoisotopic (exact) mass is 263 g/mol. The standard InChI is InChI=1S/C11H13N5O3/c17-9-6-7(15-11(19)16-9)10(18)14-3-1-2-8-12-4-5-13-8/h4-6H,1-3H2,(H,12,13)(H,14,18)(H2,15,16,17,19). The molecule has 0 unspecified atom stereocenters. The van der Waals surface area contributed by atoms with E-state index in [4.69, 9.17) is 0 Å². The van der Waals surface area contributed by atoms with Gasteiger partial charge in [0.15, 0.2) is 0 Å². The minimum atomic E-state index is -0.701. The molecular weight excluding hydrogens is 250 g/mol. The van der Waals surface area contributed by atoms with Crippen LogP contribution in [-0.2, 0) is 6.42 Å². The average molecular weight is 263 g/mol. The molecule has 4 N–H and O–H groups in total. The minimum Gasteiger partial charge on any atom is -0.351 e. The molecule has 0 aliphatic rings. The number of carbonyl (C=O) groups is 1. The fourth-order valence-corrected chi connectivity index (χ4v) is 1.58. The van der Waals surface area contributed by atoms with Crippen molar-refractivity contribution in [3.05, 3.63) is 50.8 Å². The van der Waals surface area contributed by atoms with Gasteiger partial charge in [-0.1, -0.05) is 0 Å². The highest BCUT2D eigenvalue weighted by Crippen LogP contribution is 1.94. The molecule has 0 saturated heterocycles. The zero-order valence-corrected chi connectivity index (χ0v) is 10.0. The van der Waals surface area contributed by atoms with Gasteiger partial charge in [0.25, 0.3) is 11.5 Å². The number of aromatic nitrogens is 4. The molecule has 0 fully saturated rings. The van der Waals surface area contributed by atoms with Crippen molar-refractivity contribution in [3.63, 3.8) is 0 Å². The number of nitrogens with one attached hydrogen (secondary N) is 4. The molecule has 2 aromatic rings. The Bertz CT molecular complexity index is 627. The van der Waals surface area contributed by atoms with Gasteiger partial charge in [0.05, 0.1) is 0 Å². The van der Waals surface area contributed by atoms with Crippen molar-refractivity contribution in [3.8, 4) is 0 Å². The molecule has 0 spiro atoms. The lowest BCUT2D eigenvalue weighted by atomic mass is 10.3. The first-order valence-electron chi connectivity index (χ1n) is 5.75. The summed E-state index contributed by atoms with van der Waals surface area (Å²) >= 11 is 0. The molecule has 100 valence electrons. The average Bonchev–Trinajstić information content (AvgIpc) is 2.86. The first-order chi connectivity index (χ1) is 9.15. The molecule has 0 aliphatic carbocycles. The third kappa shape index (κ3) is 3.66. The van der Waals surface area contributed by atoms with Crippen molar-refractivity contribution >= 4 is 5.91 Å². The zero-order valence-electron chi connectivity index (χ0n) is 10.0. The van der Waals surface area contributed by atoms with Crippen molar-refractivity contribution in [1.29, 1.82) is 0 Å². The van der Waals surface area contributed by atoms with Gasteiger partial charge in [-0.15, -0.1) is 0 Å². The molecule has 0 bridgehead atoms. The summed E-state index contributed by atoms with van der Waals surface area (Å²) in [6, 6.07) is 1.04. The zero-order chi connectivity index (χ0) is 13.7. The number of amides is 1. The summed E-state index contributed by atoms with van der Waals surface area (Å²) in [6.07, 6.45) is 4.80. The second kappa shape index (κ2) is 5.80. The highest BCUT2D eigenvalue weighted by Gasteiger charge is 2.07. The maximum Gasteiger partial charge on any atom is 0.326 e. The molecule has 8 heteroatoms. The Balaban J connectivity index is 1.84. The minimum absolute atomic E-state index is 0.0493. The number of rotatable bonds is 5. The van der Waals surface area contributed by atoms with Crippen LogP contribution in [0, 0.1) is 0 Å². The third-order valence-corrected chi connectivity index (χ3v) is 2.44. The summed E-state index contributed by atoms with van der Waals surface area (Å²) in [4.78, 5) is 44.9. The highest BCUT2D eigenvalue weighted by molar-refractivity contribution is 5.91. The van der Waals surface area contributed by atoms with E-state index >= 15 is 0 Å². The molecule has 2 heterocycles. The van der Waals surface area contributed by atoms with Crippen molar-refractivity contribution < 1.29 is 4.79 Å². The van der Waals surface area contributed by atoms with Crippen molar-refractivity contribution in [2.24, 2.45) is 0 Å². The molecule has 2 rings (SSSR count). The Morgan fingerprint density at radius 2 is 2.16 bits per heavy atom. The van der Waals surface area contributed by atoms with Crippen molar-refractivity contribution in [1.82, 2.24) is 25.3 Å². The maximum atomic E-state index is 11.7. The van der Waals surface area contributed by atoms with E-state index in [1.807, 2.05) is 4.98 Å². The first kappa shape index (κ1) is 12.8. The smallest absolute Gasteiger partial charge is 0.326 e. The second-order valence-corrected chi connectivity index (χ2v) is 3.90. The van der Waals surface area contributed by atoms with E-state index in [9.17, 15) is 14.4 Å². The molecule has 0 aromatic carbocycles. The Morgan fingerprint density at radius 3 is 2.84 bits per heavy atom. The second-order valence-electron chi connectivity index (χ2n) is 3.90. The molecule has 0 saturated carbocycles. The predicted octanol–water partition coefficient (Wildman–Crippen LogP) is -0.851. The van der Waals surface area contributed by atoms with Gasteiger partial charge in [-0.3, -0.25) is 14.6 Å². The van der Waals surface area contributed by atoms with Crippen LogP contribution in [0.5, 0.6) is 0 Å². The Morgan fingerprint density at radius 1 is 1.32 bits per heavy atom. The molecule has 0 atom stereocenters. The quantitative estimate of drug-likeness (QED) is 0.524. The molecule has 8 nitrogen and oxygen atoms in total. The summed E-state index contributed by atoms with van der Waals surface area (Å²) in [6.45, 7) is 0.425. The summed E-state index contributed by atoms with van der Waals surface area (Å²) in [5, 5.41) is 2.61. The van der Waals surface area contributed by atoms with Crippen LogP contribution in [0.15, 0.2) is 28.0 Å². The topological polar surface area (TPSA) is 123 Å². The van der Waals surface area contributed by atoms with Crippen LogP contribution in [0.1, 0.15) is 22.7 Å². The highest BCUT2D eigenvalue weighted by atomic mass is 16.2. The number of aromatic amines is 3. The van der Waals surface area contributed by atoms with Crippen LogP contribution >= 0.6 is 0 Å². The van der Waals surface area contributed by atoms with Gasteiger partial charge >= 0.3 is 5.69 Å². The van der Waals surface area contributed by atoms with Crippen molar-refractivity contribution in [2.75, 3.05) is 6.54 Å². The van der Waals surface area contributed by atoms with E-state index < -0.39 is 17.2 Å². The fourth-order valence-electron chi connectivity index (χ4n) is 1.58. The largest absolute Gasteiger partial charge is 0.351 e. The van der Waals surface area contributed by atoms with Gasteiger partial charge in [0, 0.05) is 31.4 Å². The van der Waals surface area contributed by atoms with E-state index in [1.54, 1.807) is 12.4 Å². The number of nitrogens with zero attached hydrogens (tertiary/aromatic N) is 1. The molecule has 0 radical (unpaired) electrons. The van der Waals surface area contributed by atoms with E-state index in [2.05, 4.69) is 20.3 Å². The van der Waals surface area contributed by atoms with Gasteiger partial charge in [0.1, 0.15) is 11.5 Å². The van der Waals surface area contributed by atoms with E-state index in [0.29, 0.717) is 19.4 Å². The number of imidazole rings is 1. The lowest BCUT2D eigenvalue weighted by Gasteiger charge is -2.03. The first-order valence-corrected chi connectivity index (χ1v) is 5.75. The molecule has 2 aromatic heterocycles. The molecule has 19 heavy (non-hydrogen) atoms. The lowest BCUT2D eigenvalue weighted by molar-refractivity contribution is 0.0947. The molecular formula is C11H13N5O3. The van der Waals surface area contributed by atoms with E-state index in [1.165, 1.54) is 0 Å². The lowest BCUT2D eigenvalue weighted by Crippen LogP contribution is -2.31. The number of hydrogen-bond acceptors (Lipinski definition) is 4. The third-order valence-electron chi connectivity index (χ3n) is 2.44. The number of carbonyl (C=O) groups excluding carboxylic acids is 1. The summed E-state index contributed by atoms with van der Waals surface area (Å²) in [5.74, 6) is 0.362. The maximum absolute atomic E-state index is 11.7.